The van der Waals surface area contributed by atoms with Gasteiger partial charge in [0.05, 0.1) is 43.4 Å². The van der Waals surface area contributed by atoms with Gasteiger partial charge in [-0.05, 0) is 51.7 Å². The quantitative estimate of drug-likeness (QED) is 0.217. The molecule has 0 N–H and O–H groups in total. The summed E-state index contributed by atoms with van der Waals surface area (Å²) in [6, 6.07) is 32.4. The minimum atomic E-state index is -0.415. The van der Waals surface area contributed by atoms with E-state index < -0.39 is 5.97 Å². The van der Waals surface area contributed by atoms with Crippen molar-refractivity contribution in [1.82, 2.24) is 29.8 Å². The van der Waals surface area contributed by atoms with Crippen molar-refractivity contribution in [2.24, 2.45) is 0 Å². The lowest BCUT2D eigenvalue weighted by atomic mass is 9.98. The highest BCUT2D eigenvalue weighted by molar-refractivity contribution is 6.02. The second-order valence-corrected chi connectivity index (χ2v) is 9.47. The highest BCUT2D eigenvalue weighted by Gasteiger charge is 2.20. The minimum Gasteiger partial charge on any atom is -0.465 e. The lowest BCUT2D eigenvalue weighted by Crippen LogP contribution is -2.09. The van der Waals surface area contributed by atoms with E-state index in [0.29, 0.717) is 48.1 Å². The van der Waals surface area contributed by atoms with Gasteiger partial charge in [0, 0.05) is 5.56 Å². The number of ether oxygens (including phenoxy) is 2. The molecule has 0 amide bonds. The molecule has 6 rings (SSSR count). The molecule has 2 heterocycles. The normalized spacial score (nSPS) is 11.1. The first-order valence-corrected chi connectivity index (χ1v) is 13.4. The molecule has 2 aromatic heterocycles. The number of rotatable bonds is 9. The summed E-state index contributed by atoms with van der Waals surface area (Å²) in [4.78, 5) is 17.2. The van der Waals surface area contributed by atoms with Crippen molar-refractivity contribution >= 4 is 17.0 Å². The third kappa shape index (κ3) is 5.17. The Morgan fingerprint density at radius 1 is 0.805 bits per heavy atom. The molecule has 0 saturated heterocycles. The fourth-order valence-corrected chi connectivity index (χ4v) is 4.99. The maximum absolute atomic E-state index is 12.5. The van der Waals surface area contributed by atoms with Crippen LogP contribution in [0.3, 0.4) is 0 Å². The molecule has 0 atom stereocenters. The summed E-state index contributed by atoms with van der Waals surface area (Å²) in [5, 5.41) is 12.6. The molecule has 0 saturated carbocycles. The molecule has 9 heteroatoms. The standard InChI is InChI=1S/C32H28N6O3/c1-3-41-32-33-28-15-9-14-27(31(39)40-2)29(28)37(32)20-23-16-18-24(19-17-23)25-12-7-8-13-26(25)30-34-35-36-38(30)21-22-10-5-4-6-11-22/h4-19H,3,20-21H2,1-2H3. The smallest absolute Gasteiger partial charge is 0.340 e. The summed E-state index contributed by atoms with van der Waals surface area (Å²) >= 11 is 0. The molecule has 0 spiro atoms. The molecule has 41 heavy (non-hydrogen) atoms. The second kappa shape index (κ2) is 11.4. The van der Waals surface area contributed by atoms with Crippen molar-refractivity contribution in [2.75, 3.05) is 13.7 Å². The summed E-state index contributed by atoms with van der Waals surface area (Å²) in [6.07, 6.45) is 0. The van der Waals surface area contributed by atoms with E-state index in [-0.39, 0.29) is 0 Å². The van der Waals surface area contributed by atoms with Gasteiger partial charge in [-0.3, -0.25) is 4.57 Å². The Kier molecular flexibility index (Phi) is 7.23. The first-order chi connectivity index (χ1) is 20.2. The Bertz CT molecular complexity index is 1810. The fourth-order valence-electron chi connectivity index (χ4n) is 4.99. The number of aromatic nitrogens is 6. The van der Waals surface area contributed by atoms with Crippen LogP contribution in [0.15, 0.2) is 97.1 Å². The zero-order valence-electron chi connectivity index (χ0n) is 22.8. The highest BCUT2D eigenvalue weighted by atomic mass is 16.5. The Hall–Kier alpha value is -5.31. The summed E-state index contributed by atoms with van der Waals surface area (Å²) in [5.41, 5.74) is 6.97. The van der Waals surface area contributed by atoms with Crippen molar-refractivity contribution in [3.05, 3.63) is 114 Å². The first kappa shape index (κ1) is 25.9. The van der Waals surface area contributed by atoms with Crippen LogP contribution >= 0.6 is 0 Å². The van der Waals surface area contributed by atoms with Crippen LogP contribution in [0, 0.1) is 0 Å². The molecule has 0 unspecified atom stereocenters. The van der Waals surface area contributed by atoms with E-state index in [1.807, 2.05) is 58.6 Å². The minimum absolute atomic E-state index is 0.415. The van der Waals surface area contributed by atoms with Crippen molar-refractivity contribution in [2.45, 2.75) is 20.0 Å². The summed E-state index contributed by atoms with van der Waals surface area (Å²) in [7, 11) is 1.38. The van der Waals surface area contributed by atoms with Gasteiger partial charge in [-0.15, -0.1) is 5.10 Å². The van der Waals surface area contributed by atoms with Crippen LogP contribution < -0.4 is 4.74 Å². The molecular formula is C32H28N6O3. The van der Waals surface area contributed by atoms with Crippen LogP contribution in [0.4, 0.5) is 0 Å². The second-order valence-electron chi connectivity index (χ2n) is 9.47. The maximum Gasteiger partial charge on any atom is 0.340 e. The number of methoxy groups -OCH3 is 1. The summed E-state index contributed by atoms with van der Waals surface area (Å²) in [6.45, 7) is 3.41. The van der Waals surface area contributed by atoms with Crippen LogP contribution in [-0.4, -0.2) is 49.4 Å². The Labute approximate surface area is 237 Å². The molecule has 6 aromatic rings. The number of hydrogen-bond donors (Lipinski definition) is 0. The zero-order valence-corrected chi connectivity index (χ0v) is 22.8. The van der Waals surface area contributed by atoms with E-state index in [1.54, 1.807) is 12.1 Å². The van der Waals surface area contributed by atoms with Crippen LogP contribution in [0.5, 0.6) is 6.01 Å². The van der Waals surface area contributed by atoms with Gasteiger partial charge >= 0.3 is 5.97 Å². The van der Waals surface area contributed by atoms with Crippen molar-refractivity contribution < 1.29 is 14.3 Å². The van der Waals surface area contributed by atoms with Gasteiger partial charge in [-0.1, -0.05) is 84.9 Å². The molecule has 4 aromatic carbocycles. The van der Waals surface area contributed by atoms with Crippen molar-refractivity contribution in [3.63, 3.8) is 0 Å². The van der Waals surface area contributed by atoms with Gasteiger partial charge < -0.3 is 9.47 Å². The third-order valence-corrected chi connectivity index (χ3v) is 6.89. The molecule has 9 nitrogen and oxygen atoms in total. The Morgan fingerprint density at radius 2 is 1.54 bits per heavy atom. The van der Waals surface area contributed by atoms with Gasteiger partial charge in [-0.2, -0.15) is 4.98 Å². The number of tetrazole rings is 1. The summed E-state index contributed by atoms with van der Waals surface area (Å²) < 4.78 is 14.6. The van der Waals surface area contributed by atoms with Gasteiger partial charge in [0.1, 0.15) is 0 Å². The SMILES string of the molecule is CCOc1nc2cccc(C(=O)OC)c2n1Cc1ccc(-c2ccccc2-c2nnnn2Cc2ccccc2)cc1. The number of hydrogen-bond acceptors (Lipinski definition) is 7. The number of carbonyl (C=O) groups excluding carboxylic acids is 1. The van der Waals surface area contributed by atoms with Crippen molar-refractivity contribution in [3.8, 4) is 28.5 Å². The van der Waals surface area contributed by atoms with Gasteiger partial charge in [0.2, 0.25) is 0 Å². The Morgan fingerprint density at radius 3 is 2.29 bits per heavy atom. The van der Waals surface area contributed by atoms with E-state index in [1.165, 1.54) is 7.11 Å². The lowest BCUT2D eigenvalue weighted by Gasteiger charge is -2.13. The molecule has 204 valence electrons. The molecule has 0 radical (unpaired) electrons. The Balaban J connectivity index is 1.33. The third-order valence-electron chi connectivity index (χ3n) is 6.89. The molecule has 0 aliphatic heterocycles. The van der Waals surface area contributed by atoms with E-state index in [2.05, 4.69) is 63.0 Å². The monoisotopic (exact) mass is 544 g/mol. The average molecular weight is 545 g/mol. The number of imidazole rings is 1. The van der Waals surface area contributed by atoms with E-state index >= 15 is 0 Å². The number of carbonyl (C=O) groups is 1. The lowest BCUT2D eigenvalue weighted by molar-refractivity contribution is 0.0602. The predicted octanol–water partition coefficient (Wildman–Crippen LogP) is 5.64. The number of para-hydroxylation sites is 1. The number of benzene rings is 4. The largest absolute Gasteiger partial charge is 0.465 e. The molecule has 0 aliphatic rings. The van der Waals surface area contributed by atoms with Gasteiger partial charge in [-0.25, -0.2) is 9.48 Å². The number of fused-ring (bicyclic) bond motifs is 1. The van der Waals surface area contributed by atoms with E-state index in [0.717, 1.165) is 27.8 Å². The highest BCUT2D eigenvalue weighted by Crippen LogP contribution is 2.32. The van der Waals surface area contributed by atoms with Crippen LogP contribution in [0.25, 0.3) is 33.5 Å². The first-order valence-electron chi connectivity index (χ1n) is 13.4. The molecule has 0 aliphatic carbocycles. The number of nitrogens with zero attached hydrogens (tertiary/aromatic N) is 6. The van der Waals surface area contributed by atoms with Crippen LogP contribution in [-0.2, 0) is 17.8 Å². The van der Waals surface area contributed by atoms with Gasteiger partial charge in [0.15, 0.2) is 5.82 Å². The van der Waals surface area contributed by atoms with Crippen LogP contribution in [0.1, 0.15) is 28.4 Å². The topological polar surface area (TPSA) is 97.0 Å². The zero-order chi connectivity index (χ0) is 28.2. The molecule has 0 bridgehead atoms. The van der Waals surface area contributed by atoms with Gasteiger partial charge in [0.25, 0.3) is 6.01 Å². The molecule has 0 fully saturated rings. The van der Waals surface area contributed by atoms with Crippen LogP contribution in [0.2, 0.25) is 0 Å². The average Bonchev–Trinajstić information content (AvgIpc) is 3.62. The van der Waals surface area contributed by atoms with E-state index in [9.17, 15) is 4.79 Å². The van der Waals surface area contributed by atoms with E-state index in [4.69, 9.17) is 9.47 Å². The fraction of sp³-hybridized carbons (Fsp3) is 0.156. The number of esters is 1. The maximum atomic E-state index is 12.5. The predicted molar refractivity (Wildman–Crippen MR) is 156 cm³/mol. The summed E-state index contributed by atoms with van der Waals surface area (Å²) in [5.74, 6) is 0.288. The van der Waals surface area contributed by atoms with Crippen molar-refractivity contribution in [1.29, 1.82) is 0 Å². The molecular weight excluding hydrogens is 516 g/mol.